The molecule has 1 aromatic heterocycles. The molecule has 6 atom stereocenters. The fraction of sp³-hybridized carbons (Fsp3) is 0.714. The number of alkyl halides is 3. The maximum absolute atomic E-state index is 13.9. The molecule has 1 aliphatic carbocycles. The third-order valence-electron chi connectivity index (χ3n) is 9.03. The van der Waals surface area contributed by atoms with Gasteiger partial charge < -0.3 is 30.3 Å². The minimum absolute atomic E-state index is 0.0129. The number of Topliss-reactive ketones (excluding diaryl/α,β-unsaturated/α-hetero) is 1. The minimum Gasteiger partial charge on any atom is -0.470 e. The van der Waals surface area contributed by atoms with E-state index in [9.17, 15) is 37.1 Å². The number of ketones is 1. The first-order valence-electron chi connectivity index (χ1n) is 14.5. The Balaban J connectivity index is 1.54. The van der Waals surface area contributed by atoms with Crippen molar-refractivity contribution < 1.29 is 46.6 Å². The van der Waals surface area contributed by atoms with Crippen LogP contribution in [0.15, 0.2) is 6.07 Å². The number of rotatable bonds is 11. The predicted octanol–water partition coefficient (Wildman–Crippen LogP) is 1.26. The Kier molecular flexibility index (Phi) is 9.22. The summed E-state index contributed by atoms with van der Waals surface area (Å²) in [6.45, 7) is 7.44. The third-order valence-corrected chi connectivity index (χ3v) is 9.03. The number of amides is 4. The molecule has 4 rings (SSSR count). The quantitative estimate of drug-likeness (QED) is 0.330. The van der Waals surface area contributed by atoms with Gasteiger partial charge in [0.1, 0.15) is 12.1 Å². The first-order valence-corrected chi connectivity index (χ1v) is 14.5. The standard InChI is InChI=1S/C28H39F3N6O7/c1-13(2)21(34-26(42)43-6)25(41)37-11-15-20(27(15,3)4)22(37)24(40)33-16(9-14-7-8-32-23(14)39)17(38)12-44-19-10-18(28(29,30)31)35-36(19)5/h10,13-16,20-22H,7-9,11-12H2,1-6H3,(H,32,39)(H,33,40)(H,34,42)/t14-,15-,16-,20-,21-,22-/m0/s1. The highest BCUT2D eigenvalue weighted by molar-refractivity contribution is 5.96. The number of methoxy groups -OCH3 is 1. The largest absolute Gasteiger partial charge is 0.470 e. The highest BCUT2D eigenvalue weighted by Crippen LogP contribution is 2.65. The van der Waals surface area contributed by atoms with Crippen LogP contribution in [-0.2, 0) is 37.1 Å². The molecule has 3 aliphatic rings. The highest BCUT2D eigenvalue weighted by atomic mass is 19.4. The van der Waals surface area contributed by atoms with Gasteiger partial charge in [0.15, 0.2) is 18.1 Å². The lowest BCUT2D eigenvalue weighted by Gasteiger charge is -2.34. The summed E-state index contributed by atoms with van der Waals surface area (Å²) < 4.78 is 50.1. The van der Waals surface area contributed by atoms with E-state index in [1.807, 2.05) is 13.8 Å². The van der Waals surface area contributed by atoms with Gasteiger partial charge in [-0.3, -0.25) is 19.2 Å². The first-order chi connectivity index (χ1) is 20.5. The highest BCUT2D eigenvalue weighted by Gasteiger charge is 2.69. The summed E-state index contributed by atoms with van der Waals surface area (Å²) in [7, 11) is 2.41. The molecule has 3 fully saturated rings. The zero-order valence-corrected chi connectivity index (χ0v) is 25.5. The van der Waals surface area contributed by atoms with E-state index in [2.05, 4.69) is 25.8 Å². The molecule has 0 aromatic carbocycles. The molecule has 4 amide bonds. The monoisotopic (exact) mass is 628 g/mol. The molecule has 0 radical (unpaired) electrons. The van der Waals surface area contributed by atoms with E-state index in [0.717, 1.165) is 4.68 Å². The molecule has 16 heteroatoms. The summed E-state index contributed by atoms with van der Waals surface area (Å²) in [6, 6.07) is -2.48. The zero-order chi connectivity index (χ0) is 32.7. The van der Waals surface area contributed by atoms with Crippen molar-refractivity contribution in [2.24, 2.45) is 36.1 Å². The van der Waals surface area contributed by atoms with Gasteiger partial charge in [-0.1, -0.05) is 27.7 Å². The Morgan fingerprint density at radius 1 is 1.20 bits per heavy atom. The summed E-state index contributed by atoms with van der Waals surface area (Å²) in [5, 5.41) is 11.3. The van der Waals surface area contributed by atoms with Gasteiger partial charge in [-0.2, -0.15) is 18.3 Å². The van der Waals surface area contributed by atoms with Crippen molar-refractivity contribution >= 4 is 29.6 Å². The maximum atomic E-state index is 13.9. The van der Waals surface area contributed by atoms with Crippen LogP contribution in [0, 0.1) is 29.1 Å². The molecule has 2 saturated heterocycles. The third kappa shape index (κ3) is 6.62. The SMILES string of the molecule is COC(=O)N[C@H](C(=O)N1C[C@H]2[C@@H]([C@H]1C(=O)N[C@@H](C[C@@H]1CCNC1=O)C(=O)COc1cc(C(F)(F)F)nn1C)C2(C)C)C(C)C. The number of alkyl carbamates (subject to hydrolysis) is 1. The fourth-order valence-electron chi connectivity index (χ4n) is 6.34. The van der Waals surface area contributed by atoms with E-state index >= 15 is 0 Å². The van der Waals surface area contributed by atoms with Gasteiger partial charge in [0.25, 0.3) is 0 Å². The van der Waals surface area contributed by atoms with Crippen LogP contribution >= 0.6 is 0 Å². The second-order valence-electron chi connectivity index (χ2n) is 12.6. The lowest BCUT2D eigenvalue weighted by molar-refractivity contribution is -0.143. The Morgan fingerprint density at radius 3 is 2.43 bits per heavy atom. The summed E-state index contributed by atoms with van der Waals surface area (Å²) >= 11 is 0. The van der Waals surface area contributed by atoms with Gasteiger partial charge in [-0.05, 0) is 36.0 Å². The topological polar surface area (TPSA) is 161 Å². The van der Waals surface area contributed by atoms with Crippen LogP contribution in [0.4, 0.5) is 18.0 Å². The van der Waals surface area contributed by atoms with Gasteiger partial charge in [-0.25, -0.2) is 9.48 Å². The number of fused-ring (bicyclic) bond motifs is 1. The molecule has 44 heavy (non-hydrogen) atoms. The van der Waals surface area contributed by atoms with Crippen LogP contribution in [0.3, 0.4) is 0 Å². The van der Waals surface area contributed by atoms with Crippen molar-refractivity contribution in [2.45, 2.75) is 64.8 Å². The number of piperidine rings is 1. The van der Waals surface area contributed by atoms with Gasteiger partial charge in [0.2, 0.25) is 23.6 Å². The number of aryl methyl sites for hydroxylation is 1. The van der Waals surface area contributed by atoms with E-state index in [1.54, 1.807) is 13.8 Å². The molecule has 13 nitrogen and oxygen atoms in total. The molecule has 244 valence electrons. The average molecular weight is 629 g/mol. The van der Waals surface area contributed by atoms with E-state index in [4.69, 9.17) is 4.74 Å². The van der Waals surface area contributed by atoms with Crippen molar-refractivity contribution in [3.63, 3.8) is 0 Å². The number of halogens is 3. The molecule has 1 aromatic rings. The molecular weight excluding hydrogens is 589 g/mol. The first kappa shape index (κ1) is 33.1. The zero-order valence-electron chi connectivity index (χ0n) is 25.5. The summed E-state index contributed by atoms with van der Waals surface area (Å²) in [6.07, 6.45) is -5.14. The molecular formula is C28H39F3N6O7. The Bertz CT molecular complexity index is 1310. The molecule has 3 N–H and O–H groups in total. The lowest BCUT2D eigenvalue weighted by Crippen LogP contribution is -2.59. The van der Waals surface area contributed by atoms with Crippen LogP contribution in [0.1, 0.15) is 46.2 Å². The number of aromatic nitrogens is 2. The van der Waals surface area contributed by atoms with Crippen LogP contribution in [0.2, 0.25) is 0 Å². The van der Waals surface area contributed by atoms with Crippen molar-refractivity contribution in [1.82, 2.24) is 30.6 Å². The lowest BCUT2D eigenvalue weighted by atomic mass is 9.94. The number of carbonyl (C=O) groups is 5. The summed E-state index contributed by atoms with van der Waals surface area (Å²) in [4.78, 5) is 66.7. The average Bonchev–Trinajstić information content (AvgIpc) is 3.43. The Morgan fingerprint density at radius 2 is 1.89 bits per heavy atom. The number of hydrogen-bond acceptors (Lipinski definition) is 8. The van der Waals surface area contributed by atoms with Crippen LogP contribution in [0.5, 0.6) is 5.88 Å². The fourth-order valence-corrected chi connectivity index (χ4v) is 6.34. The smallest absolute Gasteiger partial charge is 0.435 e. The second-order valence-corrected chi connectivity index (χ2v) is 12.6. The van der Waals surface area contributed by atoms with Crippen molar-refractivity contribution in [3.05, 3.63) is 11.8 Å². The normalized spacial score (nSPS) is 25.1. The van der Waals surface area contributed by atoms with E-state index in [-0.39, 0.29) is 47.9 Å². The summed E-state index contributed by atoms with van der Waals surface area (Å²) in [5.74, 6) is -3.43. The van der Waals surface area contributed by atoms with Gasteiger partial charge in [0, 0.05) is 32.1 Å². The van der Waals surface area contributed by atoms with E-state index in [0.29, 0.717) is 19.0 Å². The van der Waals surface area contributed by atoms with Gasteiger partial charge in [0.05, 0.1) is 13.2 Å². The minimum atomic E-state index is -4.71. The molecule has 0 bridgehead atoms. The number of carbonyl (C=O) groups excluding carboxylic acids is 5. The van der Waals surface area contributed by atoms with E-state index < -0.39 is 66.2 Å². The maximum Gasteiger partial charge on any atom is 0.435 e. The number of hydrogen-bond donors (Lipinski definition) is 3. The van der Waals surface area contributed by atoms with E-state index in [1.165, 1.54) is 19.1 Å². The summed E-state index contributed by atoms with van der Waals surface area (Å²) in [5.41, 5.74) is -1.45. The van der Waals surface area contributed by atoms with Crippen LogP contribution in [-0.4, -0.2) is 89.2 Å². The number of ether oxygens (including phenoxy) is 2. The number of nitrogens with zero attached hydrogens (tertiary/aromatic N) is 3. The molecule has 0 unspecified atom stereocenters. The van der Waals surface area contributed by atoms with Gasteiger partial charge >= 0.3 is 12.3 Å². The molecule has 0 spiro atoms. The molecule has 3 heterocycles. The Labute approximate surface area is 252 Å². The van der Waals surface area contributed by atoms with Crippen LogP contribution in [0.25, 0.3) is 0 Å². The molecule has 2 aliphatic heterocycles. The Hall–Kier alpha value is -3.85. The molecule has 1 saturated carbocycles. The van der Waals surface area contributed by atoms with Crippen molar-refractivity contribution in [2.75, 3.05) is 26.8 Å². The van der Waals surface area contributed by atoms with Gasteiger partial charge in [-0.15, -0.1) is 0 Å². The van der Waals surface area contributed by atoms with Crippen LogP contribution < -0.4 is 20.7 Å². The van der Waals surface area contributed by atoms with Crippen molar-refractivity contribution in [1.29, 1.82) is 0 Å². The predicted molar refractivity (Wildman–Crippen MR) is 147 cm³/mol. The van der Waals surface area contributed by atoms with Crippen molar-refractivity contribution in [3.8, 4) is 5.88 Å². The second kappa shape index (κ2) is 12.3. The number of likely N-dealkylation sites (tertiary alicyclic amines) is 1. The number of nitrogens with one attached hydrogen (secondary N) is 3.